The van der Waals surface area contributed by atoms with Crippen LogP contribution in [0, 0.1) is 0 Å². The predicted octanol–water partition coefficient (Wildman–Crippen LogP) is 3.33. The Balaban J connectivity index is 1.51. The molecule has 0 bridgehead atoms. The van der Waals surface area contributed by atoms with Gasteiger partial charge >= 0.3 is 0 Å². The van der Waals surface area contributed by atoms with Crippen LogP contribution in [-0.2, 0) is 28.0 Å². The Morgan fingerprint density at radius 1 is 0.962 bits per heavy atom. The summed E-state index contributed by atoms with van der Waals surface area (Å²) < 4.78 is 10.2. The minimum Gasteiger partial charge on any atom is -0.385 e. The standard InChI is InChI=1S/C22H29NO3/c1-25-18-26-16-11-19-7-9-21(10-8-19)22(24)12-14-23(15-13-22)17-20-5-3-2-4-6-20/h2-10,24H,11-18H2,1H3. The van der Waals surface area contributed by atoms with Gasteiger partial charge < -0.3 is 14.6 Å². The van der Waals surface area contributed by atoms with Crippen molar-refractivity contribution in [2.75, 3.05) is 33.6 Å². The van der Waals surface area contributed by atoms with Gasteiger partial charge in [-0.15, -0.1) is 0 Å². The third kappa shape index (κ3) is 5.15. The van der Waals surface area contributed by atoms with Crippen molar-refractivity contribution in [1.82, 2.24) is 4.90 Å². The molecule has 1 saturated heterocycles. The molecule has 0 aromatic heterocycles. The summed E-state index contributed by atoms with van der Waals surface area (Å²) in [5.41, 5.74) is 2.87. The quantitative estimate of drug-likeness (QED) is 0.583. The Morgan fingerprint density at radius 3 is 2.31 bits per heavy atom. The molecular weight excluding hydrogens is 326 g/mol. The number of methoxy groups -OCH3 is 1. The summed E-state index contributed by atoms with van der Waals surface area (Å²) in [6, 6.07) is 18.9. The molecule has 1 heterocycles. The molecule has 4 nitrogen and oxygen atoms in total. The van der Waals surface area contributed by atoms with E-state index in [-0.39, 0.29) is 0 Å². The lowest BCUT2D eigenvalue weighted by atomic mass is 9.84. The highest BCUT2D eigenvalue weighted by molar-refractivity contribution is 5.28. The molecule has 0 radical (unpaired) electrons. The van der Waals surface area contributed by atoms with Gasteiger partial charge in [0.2, 0.25) is 0 Å². The van der Waals surface area contributed by atoms with Crippen molar-refractivity contribution in [1.29, 1.82) is 0 Å². The molecular formula is C22H29NO3. The SMILES string of the molecule is COCOCCc1ccc(C2(O)CCN(Cc3ccccc3)CC2)cc1. The lowest BCUT2D eigenvalue weighted by molar-refractivity contribution is -0.0292. The van der Waals surface area contributed by atoms with Crippen molar-refractivity contribution in [2.24, 2.45) is 0 Å². The Bertz CT molecular complexity index is 649. The number of benzene rings is 2. The average Bonchev–Trinajstić information content (AvgIpc) is 2.68. The Kier molecular flexibility index (Phi) is 6.80. The van der Waals surface area contributed by atoms with Gasteiger partial charge in [-0.3, -0.25) is 4.90 Å². The van der Waals surface area contributed by atoms with E-state index >= 15 is 0 Å². The van der Waals surface area contributed by atoms with Crippen LogP contribution in [0.2, 0.25) is 0 Å². The van der Waals surface area contributed by atoms with Crippen LogP contribution in [0.15, 0.2) is 54.6 Å². The van der Waals surface area contributed by atoms with Crippen LogP contribution in [-0.4, -0.2) is 43.6 Å². The van der Waals surface area contributed by atoms with Gasteiger partial charge in [0.1, 0.15) is 6.79 Å². The highest BCUT2D eigenvalue weighted by Crippen LogP contribution is 2.33. The van der Waals surface area contributed by atoms with E-state index in [1.165, 1.54) is 11.1 Å². The number of hydrogen-bond donors (Lipinski definition) is 1. The van der Waals surface area contributed by atoms with Gasteiger partial charge in [0.15, 0.2) is 0 Å². The van der Waals surface area contributed by atoms with Gasteiger partial charge in [-0.2, -0.15) is 0 Å². The first-order valence-corrected chi connectivity index (χ1v) is 9.34. The second-order valence-electron chi connectivity index (χ2n) is 7.06. The van der Waals surface area contributed by atoms with E-state index < -0.39 is 5.60 Å². The zero-order valence-electron chi connectivity index (χ0n) is 15.6. The Hall–Kier alpha value is -1.72. The van der Waals surface area contributed by atoms with Gasteiger partial charge in [-0.25, -0.2) is 0 Å². The summed E-state index contributed by atoms with van der Waals surface area (Å²) in [6.45, 7) is 3.76. The molecule has 140 valence electrons. The second-order valence-corrected chi connectivity index (χ2v) is 7.06. The Morgan fingerprint density at radius 2 is 1.65 bits per heavy atom. The minimum atomic E-state index is -0.710. The second kappa shape index (κ2) is 9.28. The zero-order chi connectivity index (χ0) is 18.2. The molecule has 0 atom stereocenters. The van der Waals surface area contributed by atoms with Crippen LogP contribution in [0.3, 0.4) is 0 Å². The summed E-state index contributed by atoms with van der Waals surface area (Å²) in [6.07, 6.45) is 2.40. The molecule has 0 aliphatic carbocycles. The third-order valence-corrected chi connectivity index (χ3v) is 5.16. The molecule has 0 amide bonds. The molecule has 4 heteroatoms. The van der Waals surface area contributed by atoms with Crippen molar-refractivity contribution in [2.45, 2.75) is 31.4 Å². The van der Waals surface area contributed by atoms with Crippen molar-refractivity contribution in [3.8, 4) is 0 Å². The van der Waals surface area contributed by atoms with Crippen LogP contribution in [0.5, 0.6) is 0 Å². The van der Waals surface area contributed by atoms with Gasteiger partial charge in [0.05, 0.1) is 12.2 Å². The van der Waals surface area contributed by atoms with Crippen LogP contribution in [0.25, 0.3) is 0 Å². The van der Waals surface area contributed by atoms with Gasteiger partial charge in [0, 0.05) is 26.7 Å². The van der Waals surface area contributed by atoms with Crippen molar-refractivity contribution < 1.29 is 14.6 Å². The lowest BCUT2D eigenvalue weighted by Gasteiger charge is -2.38. The summed E-state index contributed by atoms with van der Waals surface area (Å²) in [4.78, 5) is 2.42. The Labute approximate surface area is 156 Å². The average molecular weight is 355 g/mol. The topological polar surface area (TPSA) is 41.9 Å². The molecule has 26 heavy (non-hydrogen) atoms. The monoisotopic (exact) mass is 355 g/mol. The number of hydrogen-bond acceptors (Lipinski definition) is 4. The lowest BCUT2D eigenvalue weighted by Crippen LogP contribution is -2.42. The number of aliphatic hydroxyl groups is 1. The smallest absolute Gasteiger partial charge is 0.146 e. The third-order valence-electron chi connectivity index (χ3n) is 5.16. The maximum absolute atomic E-state index is 11.1. The van der Waals surface area contributed by atoms with E-state index in [2.05, 4.69) is 53.4 Å². The van der Waals surface area contributed by atoms with Gasteiger partial charge in [-0.05, 0) is 36.0 Å². The number of ether oxygens (including phenoxy) is 2. The molecule has 1 fully saturated rings. The van der Waals surface area contributed by atoms with E-state index in [1.807, 2.05) is 6.07 Å². The maximum atomic E-state index is 11.1. The molecule has 1 aliphatic rings. The number of piperidine rings is 1. The fraction of sp³-hybridized carbons (Fsp3) is 0.455. The first-order valence-electron chi connectivity index (χ1n) is 9.34. The van der Waals surface area contributed by atoms with E-state index in [0.29, 0.717) is 13.4 Å². The normalized spacial score (nSPS) is 17.3. The first-order chi connectivity index (χ1) is 12.7. The molecule has 1 aliphatic heterocycles. The summed E-state index contributed by atoms with van der Waals surface area (Å²) in [5, 5.41) is 11.1. The summed E-state index contributed by atoms with van der Waals surface area (Å²) >= 11 is 0. The van der Waals surface area contributed by atoms with Crippen molar-refractivity contribution in [3.63, 3.8) is 0 Å². The number of likely N-dealkylation sites (tertiary alicyclic amines) is 1. The molecule has 3 rings (SSSR count). The summed E-state index contributed by atoms with van der Waals surface area (Å²) in [7, 11) is 1.63. The highest BCUT2D eigenvalue weighted by atomic mass is 16.7. The van der Waals surface area contributed by atoms with Crippen LogP contribution >= 0.6 is 0 Å². The first kappa shape index (κ1) is 19.1. The largest absolute Gasteiger partial charge is 0.385 e. The van der Waals surface area contributed by atoms with Crippen LogP contribution < -0.4 is 0 Å². The predicted molar refractivity (Wildman–Crippen MR) is 103 cm³/mol. The van der Waals surface area contributed by atoms with Crippen molar-refractivity contribution >= 4 is 0 Å². The molecule has 2 aromatic rings. The zero-order valence-corrected chi connectivity index (χ0v) is 15.6. The van der Waals surface area contributed by atoms with Gasteiger partial charge in [-0.1, -0.05) is 54.6 Å². The fourth-order valence-electron chi connectivity index (χ4n) is 3.53. The van der Waals surface area contributed by atoms with Crippen molar-refractivity contribution in [3.05, 3.63) is 71.3 Å². The maximum Gasteiger partial charge on any atom is 0.146 e. The molecule has 0 unspecified atom stereocenters. The number of rotatable bonds is 8. The van der Waals surface area contributed by atoms with Gasteiger partial charge in [0.25, 0.3) is 0 Å². The summed E-state index contributed by atoms with van der Waals surface area (Å²) in [5.74, 6) is 0. The highest BCUT2D eigenvalue weighted by Gasteiger charge is 2.33. The molecule has 1 N–H and O–H groups in total. The van der Waals surface area contributed by atoms with Crippen LogP contribution in [0.1, 0.15) is 29.5 Å². The van der Waals surface area contributed by atoms with E-state index in [4.69, 9.17) is 9.47 Å². The van der Waals surface area contributed by atoms with E-state index in [1.54, 1.807) is 7.11 Å². The fourth-order valence-corrected chi connectivity index (χ4v) is 3.53. The van der Waals surface area contributed by atoms with E-state index in [9.17, 15) is 5.11 Å². The molecule has 0 saturated carbocycles. The molecule has 0 spiro atoms. The molecule has 2 aromatic carbocycles. The number of nitrogens with zero attached hydrogens (tertiary/aromatic N) is 1. The van der Waals surface area contributed by atoms with E-state index in [0.717, 1.165) is 44.5 Å². The minimum absolute atomic E-state index is 0.331. The van der Waals surface area contributed by atoms with Crippen LogP contribution in [0.4, 0.5) is 0 Å².